The van der Waals surface area contributed by atoms with Crippen LogP contribution in [0.2, 0.25) is 0 Å². The molecule has 38 heavy (non-hydrogen) atoms. The molecule has 0 aliphatic carbocycles. The van der Waals surface area contributed by atoms with Gasteiger partial charge in [0.05, 0.1) is 12.8 Å². The molecule has 9 heteroatoms. The second kappa shape index (κ2) is 10.5. The Hall–Kier alpha value is -4.53. The molecule has 2 amide bonds. The highest BCUT2D eigenvalue weighted by Gasteiger charge is 2.29. The first kappa shape index (κ1) is 25.1. The number of ether oxygens (including phenoxy) is 1. The summed E-state index contributed by atoms with van der Waals surface area (Å²) in [7, 11) is 1.57. The molecule has 0 bridgehead atoms. The minimum Gasteiger partial charge on any atom is -0.497 e. The third-order valence-electron chi connectivity index (χ3n) is 6.58. The van der Waals surface area contributed by atoms with Crippen molar-refractivity contribution in [2.24, 2.45) is 0 Å². The Kier molecular flexibility index (Phi) is 6.91. The predicted molar refractivity (Wildman–Crippen MR) is 140 cm³/mol. The number of imidazole rings is 1. The highest BCUT2D eigenvalue weighted by Crippen LogP contribution is 2.27. The monoisotopic (exact) mass is 516 g/mol. The molecule has 1 saturated heterocycles. The second-order valence-electron chi connectivity index (χ2n) is 9.11. The van der Waals surface area contributed by atoms with Gasteiger partial charge in [0, 0.05) is 42.2 Å². The summed E-state index contributed by atoms with van der Waals surface area (Å²) in [6.45, 7) is 2.27. The molecule has 1 aliphatic heterocycles. The van der Waals surface area contributed by atoms with Gasteiger partial charge in [0.1, 0.15) is 36.3 Å². The molecular weight excluding hydrogens is 490 g/mol. The number of hydrogen-bond donors (Lipinski definition) is 0. The molecular formula is C29H26F2N4O3. The number of nitrogens with zero attached hydrogens (tertiary/aromatic N) is 4. The SMILES string of the molecule is COc1cccc(N2CCN(C(=O)Cn3cc(-c4ccc(F)c(C)c4)nc3-c3ccc(F)cc3)CC2=O)c1. The van der Waals surface area contributed by atoms with Gasteiger partial charge in [0.25, 0.3) is 0 Å². The lowest BCUT2D eigenvalue weighted by molar-refractivity contribution is -0.137. The summed E-state index contributed by atoms with van der Waals surface area (Å²) in [6.07, 6.45) is 1.72. The Labute approximate surface area is 218 Å². The number of methoxy groups -OCH3 is 1. The molecule has 0 unspecified atom stereocenters. The molecule has 4 aromatic rings. The number of rotatable bonds is 6. The van der Waals surface area contributed by atoms with Crippen LogP contribution in [0.5, 0.6) is 5.75 Å². The third kappa shape index (κ3) is 5.13. The standard InChI is InChI=1S/C29H26F2N4O3/c1-19-14-21(8-11-25(19)31)26-16-34(29(32-26)20-6-9-22(30)10-7-20)17-27(36)33-12-13-35(28(37)18-33)23-4-3-5-24(15-23)38-2/h3-11,14-16H,12-13,17-18H2,1-2H3. The minimum absolute atomic E-state index is 0.0549. The Morgan fingerprint density at radius 1 is 1.00 bits per heavy atom. The molecule has 7 nitrogen and oxygen atoms in total. The fourth-order valence-electron chi connectivity index (χ4n) is 4.49. The topological polar surface area (TPSA) is 67.7 Å². The Morgan fingerprint density at radius 2 is 1.76 bits per heavy atom. The van der Waals surface area contributed by atoms with Gasteiger partial charge < -0.3 is 19.1 Å². The summed E-state index contributed by atoms with van der Waals surface area (Å²) in [5.41, 5.74) is 3.07. The number of carbonyl (C=O) groups is 2. The van der Waals surface area contributed by atoms with E-state index in [0.717, 1.165) is 0 Å². The van der Waals surface area contributed by atoms with Crippen molar-refractivity contribution >= 4 is 17.5 Å². The quantitative estimate of drug-likeness (QED) is 0.373. The smallest absolute Gasteiger partial charge is 0.246 e. The number of aromatic nitrogens is 2. The van der Waals surface area contributed by atoms with Gasteiger partial charge in [0.2, 0.25) is 11.8 Å². The molecule has 3 aromatic carbocycles. The summed E-state index contributed by atoms with van der Waals surface area (Å²) in [4.78, 5) is 34.1. The first-order valence-corrected chi connectivity index (χ1v) is 12.1. The van der Waals surface area contributed by atoms with Gasteiger partial charge in [0.15, 0.2) is 0 Å². The molecule has 5 rings (SSSR count). The number of hydrogen-bond acceptors (Lipinski definition) is 4. The maximum atomic E-state index is 13.8. The maximum Gasteiger partial charge on any atom is 0.246 e. The Balaban J connectivity index is 1.38. The maximum absolute atomic E-state index is 13.8. The third-order valence-corrected chi connectivity index (χ3v) is 6.58. The number of amides is 2. The van der Waals surface area contributed by atoms with E-state index in [1.165, 1.54) is 23.1 Å². The van der Waals surface area contributed by atoms with Crippen LogP contribution in [-0.2, 0) is 16.1 Å². The van der Waals surface area contributed by atoms with Gasteiger partial charge in [-0.05, 0) is 67.1 Å². The molecule has 0 atom stereocenters. The Morgan fingerprint density at radius 3 is 2.47 bits per heavy atom. The normalized spacial score (nSPS) is 13.6. The highest BCUT2D eigenvalue weighted by molar-refractivity contribution is 5.98. The molecule has 0 radical (unpaired) electrons. The van der Waals surface area contributed by atoms with Crippen molar-refractivity contribution in [1.82, 2.24) is 14.5 Å². The van der Waals surface area contributed by atoms with Crippen molar-refractivity contribution in [2.75, 3.05) is 31.6 Å². The average Bonchev–Trinajstić information content (AvgIpc) is 3.34. The zero-order valence-corrected chi connectivity index (χ0v) is 21.0. The number of halogens is 2. The first-order valence-electron chi connectivity index (χ1n) is 12.1. The second-order valence-corrected chi connectivity index (χ2v) is 9.11. The van der Waals surface area contributed by atoms with Crippen LogP contribution < -0.4 is 9.64 Å². The van der Waals surface area contributed by atoms with Crippen molar-refractivity contribution in [3.8, 4) is 28.4 Å². The largest absolute Gasteiger partial charge is 0.497 e. The van der Waals surface area contributed by atoms with E-state index in [0.29, 0.717) is 52.7 Å². The Bertz CT molecular complexity index is 1500. The lowest BCUT2D eigenvalue weighted by Gasteiger charge is -2.34. The number of carbonyl (C=O) groups excluding carboxylic acids is 2. The molecule has 0 saturated carbocycles. The van der Waals surface area contributed by atoms with Crippen molar-refractivity contribution in [3.05, 3.63) is 90.1 Å². The molecule has 1 aromatic heterocycles. The number of aryl methyl sites for hydroxylation is 1. The van der Waals surface area contributed by atoms with Gasteiger partial charge in [-0.3, -0.25) is 9.59 Å². The van der Waals surface area contributed by atoms with Crippen LogP contribution in [-0.4, -0.2) is 53.0 Å². The van der Waals surface area contributed by atoms with E-state index in [4.69, 9.17) is 9.72 Å². The van der Waals surface area contributed by atoms with Crippen LogP contribution in [0.1, 0.15) is 5.56 Å². The molecule has 2 heterocycles. The summed E-state index contributed by atoms with van der Waals surface area (Å²) in [5, 5.41) is 0. The fourth-order valence-corrected chi connectivity index (χ4v) is 4.49. The van der Waals surface area contributed by atoms with Crippen LogP contribution in [0.25, 0.3) is 22.6 Å². The van der Waals surface area contributed by atoms with Crippen molar-refractivity contribution in [2.45, 2.75) is 13.5 Å². The van der Waals surface area contributed by atoms with Crippen molar-refractivity contribution < 1.29 is 23.1 Å². The lowest BCUT2D eigenvalue weighted by atomic mass is 10.1. The summed E-state index contributed by atoms with van der Waals surface area (Å²) < 4.78 is 34.4. The molecule has 0 N–H and O–H groups in total. The van der Waals surface area contributed by atoms with Crippen LogP contribution in [0.3, 0.4) is 0 Å². The number of anilines is 1. The van der Waals surface area contributed by atoms with Gasteiger partial charge in [-0.15, -0.1) is 0 Å². The molecule has 1 fully saturated rings. The lowest BCUT2D eigenvalue weighted by Crippen LogP contribution is -2.53. The highest BCUT2D eigenvalue weighted by atomic mass is 19.1. The predicted octanol–water partition coefficient (Wildman–Crippen LogP) is 4.69. The van der Waals surface area contributed by atoms with Crippen LogP contribution in [0.4, 0.5) is 14.5 Å². The van der Waals surface area contributed by atoms with E-state index in [2.05, 4.69) is 0 Å². The number of benzene rings is 3. The first-order chi connectivity index (χ1) is 18.3. The minimum atomic E-state index is -0.385. The number of piperazine rings is 1. The molecule has 1 aliphatic rings. The van der Waals surface area contributed by atoms with E-state index in [-0.39, 0.29) is 36.5 Å². The average molecular weight is 517 g/mol. The zero-order chi connectivity index (χ0) is 26.8. The van der Waals surface area contributed by atoms with E-state index < -0.39 is 0 Å². The van der Waals surface area contributed by atoms with E-state index in [9.17, 15) is 18.4 Å². The van der Waals surface area contributed by atoms with Crippen LogP contribution >= 0.6 is 0 Å². The van der Waals surface area contributed by atoms with Crippen LogP contribution in [0, 0.1) is 18.6 Å². The molecule has 194 valence electrons. The van der Waals surface area contributed by atoms with Crippen molar-refractivity contribution in [1.29, 1.82) is 0 Å². The summed E-state index contributed by atoms with van der Waals surface area (Å²) >= 11 is 0. The van der Waals surface area contributed by atoms with Gasteiger partial charge in [-0.2, -0.15) is 0 Å². The summed E-state index contributed by atoms with van der Waals surface area (Å²) in [6, 6.07) is 17.8. The fraction of sp³-hybridized carbons (Fsp3) is 0.207. The van der Waals surface area contributed by atoms with Crippen LogP contribution in [0.15, 0.2) is 72.9 Å². The van der Waals surface area contributed by atoms with E-state index in [1.807, 2.05) is 12.1 Å². The van der Waals surface area contributed by atoms with Gasteiger partial charge in [-0.1, -0.05) is 6.07 Å². The van der Waals surface area contributed by atoms with E-state index in [1.54, 1.807) is 66.1 Å². The van der Waals surface area contributed by atoms with Crippen molar-refractivity contribution in [3.63, 3.8) is 0 Å². The van der Waals surface area contributed by atoms with Gasteiger partial charge >= 0.3 is 0 Å². The summed E-state index contributed by atoms with van der Waals surface area (Å²) in [5.74, 6) is -0.0216. The molecule has 0 spiro atoms. The van der Waals surface area contributed by atoms with E-state index >= 15 is 0 Å². The van der Waals surface area contributed by atoms with Gasteiger partial charge in [-0.25, -0.2) is 13.8 Å². The zero-order valence-electron chi connectivity index (χ0n) is 21.0.